The minimum Gasteiger partial charge on any atom is -0.390 e. The minimum atomic E-state index is -0.841. The average molecular weight is 419 g/mol. The van der Waals surface area contributed by atoms with Gasteiger partial charge in [0.1, 0.15) is 29.7 Å². The molecule has 31 heavy (non-hydrogen) atoms. The van der Waals surface area contributed by atoms with Crippen LogP contribution in [0.5, 0.6) is 0 Å². The quantitative estimate of drug-likeness (QED) is 0.393. The fourth-order valence-corrected chi connectivity index (χ4v) is 4.79. The average Bonchev–Trinajstić information content (AvgIpc) is 3.33. The van der Waals surface area contributed by atoms with Crippen LogP contribution in [0, 0.1) is 5.92 Å². The summed E-state index contributed by atoms with van der Waals surface area (Å²) in [5.41, 5.74) is 8.59. The summed E-state index contributed by atoms with van der Waals surface area (Å²) in [6.07, 6.45) is 4.08. The molecule has 1 fully saturated rings. The fraction of sp³-hybridized carbons (Fsp3) is 0.348. The fourth-order valence-electron chi connectivity index (χ4n) is 4.79. The van der Waals surface area contributed by atoms with Gasteiger partial charge >= 0.3 is 0 Å². The molecule has 5 rings (SSSR count). The molecule has 8 nitrogen and oxygen atoms in total. The number of nitrogen functional groups attached to an aromatic ring is 1. The van der Waals surface area contributed by atoms with Crippen molar-refractivity contribution in [3.05, 3.63) is 54.5 Å². The Labute approximate surface area is 179 Å². The first kappa shape index (κ1) is 19.7. The summed E-state index contributed by atoms with van der Waals surface area (Å²) in [6.45, 7) is 0. The van der Waals surface area contributed by atoms with Gasteiger partial charge in [-0.2, -0.15) is 0 Å². The number of benzene rings is 1. The van der Waals surface area contributed by atoms with Gasteiger partial charge in [-0.15, -0.1) is 0 Å². The summed E-state index contributed by atoms with van der Waals surface area (Å²) in [6, 6.07) is 11.7. The van der Waals surface area contributed by atoms with Crippen molar-refractivity contribution in [2.75, 3.05) is 18.1 Å². The number of anilines is 2. The molecule has 0 amide bonds. The number of aromatic nitrogens is 4. The molecule has 8 heteroatoms. The van der Waals surface area contributed by atoms with Crippen LogP contribution in [-0.4, -0.2) is 49.0 Å². The Balaban J connectivity index is 1.34. The van der Waals surface area contributed by atoms with Crippen LogP contribution in [0.1, 0.15) is 24.4 Å². The molecule has 0 aliphatic heterocycles. The maximum absolute atomic E-state index is 10.8. The maximum atomic E-state index is 10.8. The number of aliphatic hydroxyl groups is 2. The summed E-state index contributed by atoms with van der Waals surface area (Å²) in [4.78, 5) is 13.1. The van der Waals surface area contributed by atoms with Gasteiger partial charge in [0.05, 0.1) is 23.0 Å². The summed E-state index contributed by atoms with van der Waals surface area (Å²) in [5, 5.41) is 26.6. The molecule has 0 bridgehead atoms. The van der Waals surface area contributed by atoms with E-state index in [2.05, 4.69) is 32.4 Å². The minimum absolute atomic E-state index is 0.00689. The molecule has 5 N–H and O–H groups in total. The zero-order chi connectivity index (χ0) is 21.5. The number of rotatable bonds is 5. The van der Waals surface area contributed by atoms with E-state index >= 15 is 0 Å². The topological polar surface area (TPSA) is 122 Å². The van der Waals surface area contributed by atoms with E-state index in [1.165, 1.54) is 6.33 Å². The van der Waals surface area contributed by atoms with Gasteiger partial charge in [0.15, 0.2) is 0 Å². The van der Waals surface area contributed by atoms with Gasteiger partial charge in [-0.3, -0.25) is 0 Å². The SMILES string of the molecule is CNc1ncnc2c1ccn2[C@@H]1C[C@H](CCc2ccc3ccc(N)nc3c2)[C@@H](O)[C@H]1O. The standard InChI is InChI=1S/C23H26N6O2/c1-25-22-16-8-9-29(23(16)27-12-26-22)18-11-15(20(30)21(18)31)5-3-13-2-4-14-6-7-19(24)28-17(14)10-13/h2,4,6-10,12,15,18,20-21,30-31H,3,5,11H2,1H3,(H2,24,28)(H,25,26,27)/t15-,18+,20+,21-/m0/s1. The Morgan fingerprint density at radius 2 is 1.97 bits per heavy atom. The van der Waals surface area contributed by atoms with E-state index in [1.807, 2.05) is 36.0 Å². The summed E-state index contributed by atoms with van der Waals surface area (Å²) >= 11 is 0. The predicted octanol–water partition coefficient (Wildman–Crippen LogP) is 2.52. The van der Waals surface area contributed by atoms with Gasteiger partial charge in [0.25, 0.3) is 0 Å². The van der Waals surface area contributed by atoms with Crippen LogP contribution in [0.15, 0.2) is 48.9 Å². The Hall–Kier alpha value is -3.23. The van der Waals surface area contributed by atoms with Crippen molar-refractivity contribution in [3.8, 4) is 0 Å². The molecule has 3 heterocycles. The lowest BCUT2D eigenvalue weighted by atomic mass is 9.95. The number of hydrogen-bond acceptors (Lipinski definition) is 7. The van der Waals surface area contributed by atoms with Crippen molar-refractivity contribution < 1.29 is 10.2 Å². The van der Waals surface area contributed by atoms with Crippen molar-refractivity contribution in [1.82, 2.24) is 19.5 Å². The van der Waals surface area contributed by atoms with Crippen LogP contribution in [0.3, 0.4) is 0 Å². The normalized spacial score (nSPS) is 23.6. The van der Waals surface area contributed by atoms with E-state index in [1.54, 1.807) is 6.07 Å². The first-order valence-electron chi connectivity index (χ1n) is 10.6. The van der Waals surface area contributed by atoms with E-state index < -0.39 is 12.2 Å². The third-order valence-electron chi connectivity index (χ3n) is 6.46. The molecule has 0 saturated heterocycles. The van der Waals surface area contributed by atoms with Crippen LogP contribution in [0.2, 0.25) is 0 Å². The van der Waals surface area contributed by atoms with Crippen LogP contribution in [0.25, 0.3) is 21.9 Å². The van der Waals surface area contributed by atoms with Gasteiger partial charge < -0.3 is 25.8 Å². The van der Waals surface area contributed by atoms with E-state index in [0.717, 1.165) is 46.2 Å². The predicted molar refractivity (Wildman–Crippen MR) is 121 cm³/mol. The number of aryl methyl sites for hydroxylation is 1. The van der Waals surface area contributed by atoms with E-state index in [9.17, 15) is 10.2 Å². The number of nitrogens with one attached hydrogen (secondary N) is 1. The number of hydrogen-bond donors (Lipinski definition) is 4. The van der Waals surface area contributed by atoms with Crippen LogP contribution in [-0.2, 0) is 6.42 Å². The third-order valence-corrected chi connectivity index (χ3v) is 6.46. The number of nitrogens with zero attached hydrogens (tertiary/aromatic N) is 4. The van der Waals surface area contributed by atoms with Crippen molar-refractivity contribution in [1.29, 1.82) is 0 Å². The van der Waals surface area contributed by atoms with Crippen LogP contribution in [0.4, 0.5) is 11.6 Å². The van der Waals surface area contributed by atoms with Gasteiger partial charge in [-0.1, -0.05) is 12.1 Å². The molecular weight excluding hydrogens is 392 g/mol. The molecule has 4 aromatic rings. The van der Waals surface area contributed by atoms with Gasteiger partial charge in [0, 0.05) is 18.6 Å². The second-order valence-electron chi connectivity index (χ2n) is 8.28. The van der Waals surface area contributed by atoms with E-state index in [-0.39, 0.29) is 12.0 Å². The van der Waals surface area contributed by atoms with E-state index in [4.69, 9.17) is 5.73 Å². The highest BCUT2D eigenvalue weighted by Gasteiger charge is 2.42. The molecular formula is C23H26N6O2. The summed E-state index contributed by atoms with van der Waals surface area (Å²) in [5.74, 6) is 1.25. The molecule has 160 valence electrons. The Morgan fingerprint density at radius 3 is 2.81 bits per heavy atom. The highest BCUT2D eigenvalue weighted by Crippen LogP contribution is 2.39. The second kappa shape index (κ2) is 7.79. The molecule has 0 radical (unpaired) electrons. The second-order valence-corrected chi connectivity index (χ2v) is 8.28. The first-order chi connectivity index (χ1) is 15.0. The molecule has 1 aliphatic rings. The lowest BCUT2D eigenvalue weighted by molar-refractivity contribution is 0.00545. The highest BCUT2D eigenvalue weighted by atomic mass is 16.3. The highest BCUT2D eigenvalue weighted by molar-refractivity contribution is 5.87. The Kier molecular flexibility index (Phi) is 4.95. The van der Waals surface area contributed by atoms with Crippen molar-refractivity contribution in [2.24, 2.45) is 5.92 Å². The summed E-state index contributed by atoms with van der Waals surface area (Å²) in [7, 11) is 1.82. The summed E-state index contributed by atoms with van der Waals surface area (Å²) < 4.78 is 1.97. The number of fused-ring (bicyclic) bond motifs is 2. The molecule has 4 atom stereocenters. The van der Waals surface area contributed by atoms with Gasteiger partial charge in [-0.05, 0) is 55.0 Å². The lowest BCUT2D eigenvalue weighted by Crippen LogP contribution is -2.29. The number of aliphatic hydroxyl groups excluding tert-OH is 2. The first-order valence-corrected chi connectivity index (χ1v) is 10.6. The molecule has 0 spiro atoms. The zero-order valence-electron chi connectivity index (χ0n) is 17.3. The zero-order valence-corrected chi connectivity index (χ0v) is 17.3. The third kappa shape index (κ3) is 3.47. The Morgan fingerprint density at radius 1 is 1.13 bits per heavy atom. The molecule has 1 aliphatic carbocycles. The van der Waals surface area contributed by atoms with Crippen molar-refractivity contribution in [2.45, 2.75) is 37.5 Å². The monoisotopic (exact) mass is 418 g/mol. The van der Waals surface area contributed by atoms with Crippen LogP contribution < -0.4 is 11.1 Å². The molecule has 1 aromatic carbocycles. The Bertz CT molecular complexity index is 1240. The van der Waals surface area contributed by atoms with E-state index in [0.29, 0.717) is 12.2 Å². The number of nitrogens with two attached hydrogens (primary N) is 1. The maximum Gasteiger partial charge on any atom is 0.145 e. The largest absolute Gasteiger partial charge is 0.390 e. The lowest BCUT2D eigenvalue weighted by Gasteiger charge is -2.19. The molecule has 0 unspecified atom stereocenters. The van der Waals surface area contributed by atoms with Crippen LogP contribution >= 0.6 is 0 Å². The smallest absolute Gasteiger partial charge is 0.145 e. The van der Waals surface area contributed by atoms with Gasteiger partial charge in [-0.25, -0.2) is 15.0 Å². The van der Waals surface area contributed by atoms with Gasteiger partial charge in [0.2, 0.25) is 0 Å². The molecule has 3 aromatic heterocycles. The van der Waals surface area contributed by atoms with Crippen molar-refractivity contribution in [3.63, 3.8) is 0 Å². The van der Waals surface area contributed by atoms with Crippen molar-refractivity contribution >= 4 is 33.6 Å². The molecule has 1 saturated carbocycles. The number of pyridine rings is 1.